The summed E-state index contributed by atoms with van der Waals surface area (Å²) >= 11 is 0. The summed E-state index contributed by atoms with van der Waals surface area (Å²) in [6.07, 6.45) is 7.64. The number of ether oxygens (including phenoxy) is 4. The number of fused-ring (bicyclic) bond motifs is 2. The quantitative estimate of drug-likeness (QED) is 0.0851. The van der Waals surface area contributed by atoms with Crippen LogP contribution in [0.2, 0.25) is 0 Å². The summed E-state index contributed by atoms with van der Waals surface area (Å²) < 4.78 is 34.4. The van der Waals surface area contributed by atoms with Gasteiger partial charge >= 0.3 is 37.7 Å². The molecule has 0 aliphatic heterocycles. The van der Waals surface area contributed by atoms with Crippen molar-refractivity contribution in [2.45, 2.75) is 131 Å². The van der Waals surface area contributed by atoms with Crippen molar-refractivity contribution in [1.29, 1.82) is 0 Å². The van der Waals surface area contributed by atoms with E-state index in [-0.39, 0.29) is 49.6 Å². The predicted octanol–water partition coefficient (Wildman–Crippen LogP) is 6.82. The van der Waals surface area contributed by atoms with Crippen molar-refractivity contribution in [1.82, 2.24) is 9.97 Å². The number of carboxylic acid groups (broad SMARTS) is 2. The predicted molar refractivity (Wildman–Crippen MR) is 230 cm³/mol. The number of nitrogens with zero attached hydrogens (tertiary/aromatic N) is 2. The van der Waals surface area contributed by atoms with E-state index in [0.29, 0.717) is 52.1 Å². The van der Waals surface area contributed by atoms with Crippen LogP contribution in [-0.4, -0.2) is 98.3 Å². The summed E-state index contributed by atoms with van der Waals surface area (Å²) in [5.74, 6) is 3.02. The molecule has 61 heavy (non-hydrogen) atoms. The number of benzene rings is 2. The van der Waals surface area contributed by atoms with Crippen LogP contribution in [0.15, 0.2) is 57.4 Å². The molecule has 0 saturated carbocycles. The van der Waals surface area contributed by atoms with Crippen LogP contribution in [0.4, 0.5) is 0 Å². The first-order valence-electron chi connectivity index (χ1n) is 21.3. The van der Waals surface area contributed by atoms with Crippen LogP contribution in [0.3, 0.4) is 0 Å². The number of aliphatic carboxylic acids is 2. The maximum atomic E-state index is 11.4. The average Bonchev–Trinajstić information content (AvgIpc) is 3.79. The minimum Gasteiger partial charge on any atom is -0.547 e. The third-order valence-electron chi connectivity index (χ3n) is 10.6. The van der Waals surface area contributed by atoms with Gasteiger partial charge in [0.05, 0.1) is 36.5 Å². The Labute approximate surface area is 390 Å². The van der Waals surface area contributed by atoms with Gasteiger partial charge in [-0.3, -0.25) is 0 Å². The molecule has 0 bridgehead atoms. The maximum Gasteiger partial charge on any atom is 2.00 e. The molecular formula is C48H60CaN2O10. The van der Waals surface area contributed by atoms with Crippen molar-refractivity contribution in [3.05, 3.63) is 105 Å². The van der Waals surface area contributed by atoms with Gasteiger partial charge in [0.15, 0.2) is 11.8 Å². The van der Waals surface area contributed by atoms with Crippen molar-refractivity contribution in [3.8, 4) is 11.5 Å². The van der Waals surface area contributed by atoms with Gasteiger partial charge in [0.1, 0.15) is 35.2 Å². The maximum absolute atomic E-state index is 11.4. The van der Waals surface area contributed by atoms with Gasteiger partial charge in [-0.05, 0) is 87.8 Å². The van der Waals surface area contributed by atoms with Crippen molar-refractivity contribution < 1.29 is 47.6 Å². The molecule has 0 fully saturated rings. The van der Waals surface area contributed by atoms with Gasteiger partial charge in [0, 0.05) is 61.9 Å². The number of rotatable bonds is 20. The fraction of sp³-hybridized carbons (Fsp3) is 0.500. The zero-order valence-corrected chi connectivity index (χ0v) is 39.3. The summed E-state index contributed by atoms with van der Waals surface area (Å²) in [6, 6.07) is 11.9. The molecule has 13 heteroatoms. The van der Waals surface area contributed by atoms with E-state index in [0.717, 1.165) is 105 Å². The van der Waals surface area contributed by atoms with Crippen LogP contribution in [0.1, 0.15) is 136 Å². The van der Waals surface area contributed by atoms with Crippen LogP contribution in [0, 0.1) is 13.8 Å². The van der Waals surface area contributed by atoms with Crippen molar-refractivity contribution in [2.24, 2.45) is 0 Å². The molecule has 2 heterocycles. The van der Waals surface area contributed by atoms with Crippen LogP contribution < -0.4 is 19.7 Å². The molecule has 0 N–H and O–H groups in total. The van der Waals surface area contributed by atoms with Crippen LogP contribution in [0.25, 0.3) is 11.1 Å². The second-order valence-electron chi connectivity index (χ2n) is 15.7. The fourth-order valence-electron chi connectivity index (χ4n) is 7.50. The molecule has 0 spiro atoms. The van der Waals surface area contributed by atoms with Crippen LogP contribution >= 0.6 is 0 Å². The second kappa shape index (κ2) is 24.1. The van der Waals surface area contributed by atoms with Crippen molar-refractivity contribution >= 4 is 60.8 Å². The Hall–Kier alpha value is -3.94. The molecule has 0 amide bonds. The molecule has 12 nitrogen and oxygen atoms in total. The summed E-state index contributed by atoms with van der Waals surface area (Å²) in [4.78, 5) is 31.9. The molecule has 2 aliphatic rings. The molecule has 2 atom stereocenters. The average molecular weight is 865 g/mol. The van der Waals surface area contributed by atoms with Gasteiger partial charge in [0.2, 0.25) is 0 Å². The fourth-order valence-corrected chi connectivity index (χ4v) is 7.50. The van der Waals surface area contributed by atoms with E-state index in [1.54, 1.807) is 13.8 Å². The van der Waals surface area contributed by atoms with Crippen molar-refractivity contribution in [2.75, 3.05) is 26.4 Å². The second-order valence-corrected chi connectivity index (χ2v) is 15.7. The van der Waals surface area contributed by atoms with Gasteiger partial charge in [-0.15, -0.1) is 0 Å². The Balaban J connectivity index is 0.000000264. The van der Waals surface area contributed by atoms with E-state index in [4.69, 9.17) is 27.8 Å². The molecule has 324 valence electrons. The number of carboxylic acids is 2. The Kier molecular flexibility index (Phi) is 19.6. The smallest absolute Gasteiger partial charge is 0.547 e. The molecule has 6 rings (SSSR count). The first-order valence-corrected chi connectivity index (χ1v) is 21.3. The van der Waals surface area contributed by atoms with E-state index < -0.39 is 24.1 Å². The van der Waals surface area contributed by atoms with Gasteiger partial charge in [-0.1, -0.05) is 64.1 Å². The molecule has 2 aromatic carbocycles. The monoisotopic (exact) mass is 864 g/mol. The number of allylic oxidation sites excluding steroid dienone is 2. The van der Waals surface area contributed by atoms with E-state index in [1.165, 1.54) is 0 Å². The van der Waals surface area contributed by atoms with E-state index in [2.05, 4.69) is 49.8 Å². The largest absolute Gasteiger partial charge is 2.00 e. The van der Waals surface area contributed by atoms with Crippen LogP contribution in [0.5, 0.6) is 11.5 Å². The Morgan fingerprint density at radius 3 is 1.39 bits per heavy atom. The summed E-state index contributed by atoms with van der Waals surface area (Å²) in [5.41, 5.74) is 8.09. The van der Waals surface area contributed by atoms with Gasteiger partial charge in [-0.25, -0.2) is 9.97 Å². The number of oxazole rings is 2. The zero-order valence-electron chi connectivity index (χ0n) is 37.1. The first-order chi connectivity index (χ1) is 28.8. The number of carbonyl (C=O) groups is 2. The SMILES string of the molecule is CCOC(CC1=CCCc2c(OCCc3nc(C(C)C)oc3C)cccc21)C(=O)[O-].CCOC(CC1=CCCc2c(OCCc3nc(C(C)C)oc3C)cccc21)C(=O)[O-].[Ca+2]. The zero-order chi connectivity index (χ0) is 43.3. The normalized spacial score (nSPS) is 14.1. The Morgan fingerprint density at radius 1 is 0.672 bits per heavy atom. The van der Waals surface area contributed by atoms with Gasteiger partial charge in [0.25, 0.3) is 0 Å². The summed E-state index contributed by atoms with van der Waals surface area (Å²) in [7, 11) is 0. The van der Waals surface area contributed by atoms with Gasteiger partial charge in [-0.2, -0.15) is 0 Å². The number of aryl methyl sites for hydroxylation is 2. The molecule has 2 aromatic heterocycles. The van der Waals surface area contributed by atoms with E-state index in [9.17, 15) is 19.8 Å². The minimum atomic E-state index is -1.18. The molecule has 2 aliphatic carbocycles. The Bertz CT molecular complexity index is 1980. The number of aromatic nitrogens is 2. The Morgan fingerprint density at radius 2 is 1.07 bits per heavy atom. The summed E-state index contributed by atoms with van der Waals surface area (Å²) in [6.45, 7) is 17.3. The third-order valence-corrected chi connectivity index (χ3v) is 10.6. The third kappa shape index (κ3) is 13.5. The van der Waals surface area contributed by atoms with E-state index in [1.807, 2.05) is 50.2 Å². The van der Waals surface area contributed by atoms with Gasteiger partial charge < -0.3 is 47.6 Å². The molecule has 4 aromatic rings. The number of carbonyl (C=O) groups excluding carboxylic acids is 2. The molecule has 0 saturated heterocycles. The van der Waals surface area contributed by atoms with E-state index >= 15 is 0 Å². The molecule has 2 unspecified atom stereocenters. The van der Waals surface area contributed by atoms with Crippen LogP contribution in [-0.2, 0) is 44.7 Å². The number of hydrogen-bond donors (Lipinski definition) is 0. The standard InChI is InChI=1S/2C24H31NO5.Ca/c2*1-5-28-22(24(26)27)14-17-8-6-10-19-18(17)9-7-11-21(19)29-13-12-20-16(4)30-23(25-20)15(2)3;/h2*7-9,11,15,22H,5-6,10,12-14H2,1-4H3,(H,26,27);/q;;+2/p-2. The number of hydrogen-bond acceptors (Lipinski definition) is 12. The first kappa shape index (κ1) is 49.7. The van der Waals surface area contributed by atoms with Crippen molar-refractivity contribution in [3.63, 3.8) is 0 Å². The minimum absolute atomic E-state index is 0. The topological polar surface area (TPSA) is 169 Å². The summed E-state index contributed by atoms with van der Waals surface area (Å²) in [5, 5.41) is 22.8. The molecule has 0 radical (unpaired) electrons. The molecular weight excluding hydrogens is 805 g/mol.